The van der Waals surface area contributed by atoms with Crippen molar-refractivity contribution in [1.29, 1.82) is 0 Å². The van der Waals surface area contributed by atoms with Gasteiger partial charge >= 0.3 is 0 Å². The van der Waals surface area contributed by atoms with Gasteiger partial charge in [0.1, 0.15) is 24.2 Å². The molecule has 4 aromatic rings. The van der Waals surface area contributed by atoms with E-state index in [-0.39, 0.29) is 5.78 Å². The van der Waals surface area contributed by atoms with Gasteiger partial charge in [0.15, 0.2) is 5.78 Å². The second kappa shape index (κ2) is 6.34. The van der Waals surface area contributed by atoms with E-state index in [0.717, 1.165) is 10.9 Å². The molecule has 2 aromatic heterocycles. The van der Waals surface area contributed by atoms with Gasteiger partial charge in [0.25, 0.3) is 0 Å². The minimum atomic E-state index is -0.0322. The second-order valence-electron chi connectivity index (χ2n) is 5.42. The fourth-order valence-electron chi connectivity index (χ4n) is 2.56. The van der Waals surface area contributed by atoms with Crippen molar-refractivity contribution in [3.05, 3.63) is 88.3 Å². The van der Waals surface area contributed by atoms with Gasteiger partial charge in [-0.05, 0) is 35.2 Å². The van der Waals surface area contributed by atoms with Crippen LogP contribution in [0.4, 0.5) is 0 Å². The number of fused-ring (bicyclic) bond motifs is 1. The van der Waals surface area contributed by atoms with E-state index in [0.29, 0.717) is 29.1 Å². The molecule has 0 aliphatic rings. The summed E-state index contributed by atoms with van der Waals surface area (Å²) in [4.78, 5) is 12.6. The minimum absolute atomic E-state index is 0.0322. The summed E-state index contributed by atoms with van der Waals surface area (Å²) in [5, 5.41) is 4.51. The van der Waals surface area contributed by atoms with Crippen LogP contribution in [0.1, 0.15) is 21.5 Å². The first-order valence-electron chi connectivity index (χ1n) is 7.56. The van der Waals surface area contributed by atoms with Crippen LogP contribution in [0, 0.1) is 0 Å². The van der Waals surface area contributed by atoms with Crippen molar-refractivity contribution < 1.29 is 13.9 Å². The molecular weight excluding hydrogens is 320 g/mol. The van der Waals surface area contributed by atoms with E-state index in [9.17, 15) is 4.79 Å². The molecule has 0 saturated heterocycles. The number of carbonyl (C=O) groups is 1. The first-order chi connectivity index (χ1) is 11.8. The zero-order chi connectivity index (χ0) is 16.4. The van der Waals surface area contributed by atoms with Crippen LogP contribution in [0.15, 0.2) is 76.0 Å². The molecular formula is C20H14O3S. The van der Waals surface area contributed by atoms with E-state index >= 15 is 0 Å². The van der Waals surface area contributed by atoms with E-state index in [1.54, 1.807) is 0 Å². The van der Waals surface area contributed by atoms with E-state index in [2.05, 4.69) is 0 Å². The predicted molar refractivity (Wildman–Crippen MR) is 94.7 cm³/mol. The van der Waals surface area contributed by atoms with Gasteiger partial charge in [0, 0.05) is 16.3 Å². The molecule has 0 aliphatic heterocycles. The molecule has 4 heteroatoms. The molecule has 0 fully saturated rings. The maximum Gasteiger partial charge on any atom is 0.197 e. The third-order valence-corrected chi connectivity index (χ3v) is 4.50. The number of carbonyl (C=O) groups excluding carboxylic acids is 1. The minimum Gasteiger partial charge on any atom is -0.489 e. The SMILES string of the molecule is O=C(c1ccsc1)c1coc2ccc(OCc3ccccc3)cc12. The molecule has 3 nitrogen and oxygen atoms in total. The number of furan rings is 1. The summed E-state index contributed by atoms with van der Waals surface area (Å²) >= 11 is 1.50. The maximum absolute atomic E-state index is 12.6. The van der Waals surface area contributed by atoms with Crippen LogP contribution in [0.25, 0.3) is 11.0 Å². The van der Waals surface area contributed by atoms with E-state index < -0.39 is 0 Å². The Kier molecular flexibility index (Phi) is 3.89. The number of ether oxygens (including phenoxy) is 1. The zero-order valence-electron chi connectivity index (χ0n) is 12.8. The molecule has 2 heterocycles. The van der Waals surface area contributed by atoms with Crippen LogP contribution in [0.5, 0.6) is 5.75 Å². The molecule has 2 aromatic carbocycles. The zero-order valence-corrected chi connectivity index (χ0v) is 13.6. The van der Waals surface area contributed by atoms with E-state index in [1.165, 1.54) is 17.6 Å². The summed E-state index contributed by atoms with van der Waals surface area (Å²) in [7, 11) is 0. The molecule has 4 rings (SSSR count). The smallest absolute Gasteiger partial charge is 0.197 e. The lowest BCUT2D eigenvalue weighted by Gasteiger charge is -2.06. The molecule has 24 heavy (non-hydrogen) atoms. The highest BCUT2D eigenvalue weighted by molar-refractivity contribution is 7.08. The van der Waals surface area contributed by atoms with Crippen molar-refractivity contribution in [3.8, 4) is 5.75 Å². The standard InChI is InChI=1S/C20H14O3S/c21-20(15-8-9-24-13-15)18-12-23-19-7-6-16(10-17(18)19)22-11-14-4-2-1-3-5-14/h1-10,12-13H,11H2. The number of thiophene rings is 1. The van der Waals surface area contributed by atoms with Crippen molar-refractivity contribution in [1.82, 2.24) is 0 Å². The summed E-state index contributed by atoms with van der Waals surface area (Å²) < 4.78 is 11.4. The van der Waals surface area contributed by atoms with E-state index in [4.69, 9.17) is 9.15 Å². The molecule has 0 radical (unpaired) electrons. The normalized spacial score (nSPS) is 10.8. The van der Waals surface area contributed by atoms with Gasteiger partial charge in [-0.1, -0.05) is 30.3 Å². The van der Waals surface area contributed by atoms with Crippen LogP contribution >= 0.6 is 11.3 Å². The van der Waals surface area contributed by atoms with Gasteiger partial charge in [-0.25, -0.2) is 0 Å². The van der Waals surface area contributed by atoms with Gasteiger partial charge in [-0.3, -0.25) is 4.79 Å². The van der Waals surface area contributed by atoms with Gasteiger partial charge in [-0.2, -0.15) is 11.3 Å². The maximum atomic E-state index is 12.6. The fourth-order valence-corrected chi connectivity index (χ4v) is 3.20. The lowest BCUT2D eigenvalue weighted by molar-refractivity contribution is 0.104. The quantitative estimate of drug-likeness (QED) is 0.465. The topological polar surface area (TPSA) is 39.4 Å². The lowest BCUT2D eigenvalue weighted by atomic mass is 10.1. The number of rotatable bonds is 5. The summed E-state index contributed by atoms with van der Waals surface area (Å²) in [6, 6.07) is 17.3. The number of ketones is 1. The van der Waals surface area contributed by atoms with Crippen LogP contribution in [0.2, 0.25) is 0 Å². The Hall–Kier alpha value is -2.85. The average molecular weight is 334 g/mol. The van der Waals surface area contributed by atoms with Gasteiger partial charge < -0.3 is 9.15 Å². The molecule has 0 bridgehead atoms. The third-order valence-electron chi connectivity index (χ3n) is 3.82. The average Bonchev–Trinajstić information content (AvgIpc) is 3.30. The van der Waals surface area contributed by atoms with Crippen LogP contribution < -0.4 is 4.74 Å². The molecule has 0 N–H and O–H groups in total. The Labute approximate surface area is 143 Å². The van der Waals surface area contributed by atoms with Crippen molar-refractivity contribution in [2.45, 2.75) is 6.61 Å². The van der Waals surface area contributed by atoms with E-state index in [1.807, 2.05) is 65.4 Å². The Balaban J connectivity index is 1.62. The Morgan fingerprint density at radius 1 is 1.08 bits per heavy atom. The molecule has 0 saturated carbocycles. The fraction of sp³-hybridized carbons (Fsp3) is 0.0500. The highest BCUT2D eigenvalue weighted by Gasteiger charge is 2.16. The van der Waals surface area contributed by atoms with Gasteiger partial charge in [0.05, 0.1) is 5.56 Å². The number of benzene rings is 2. The highest BCUT2D eigenvalue weighted by Crippen LogP contribution is 2.28. The molecule has 118 valence electrons. The monoisotopic (exact) mass is 334 g/mol. The van der Waals surface area contributed by atoms with Gasteiger partial charge in [0.2, 0.25) is 0 Å². The van der Waals surface area contributed by atoms with Crippen LogP contribution in [0.3, 0.4) is 0 Å². The van der Waals surface area contributed by atoms with Crippen molar-refractivity contribution in [2.24, 2.45) is 0 Å². The summed E-state index contributed by atoms with van der Waals surface area (Å²) in [6.45, 7) is 0.484. The van der Waals surface area contributed by atoms with Gasteiger partial charge in [-0.15, -0.1) is 0 Å². The van der Waals surface area contributed by atoms with Crippen LogP contribution in [-0.4, -0.2) is 5.78 Å². The first-order valence-corrected chi connectivity index (χ1v) is 8.50. The Morgan fingerprint density at radius 3 is 2.75 bits per heavy atom. The molecule has 0 amide bonds. The summed E-state index contributed by atoms with van der Waals surface area (Å²) in [5.41, 5.74) is 3.02. The largest absolute Gasteiger partial charge is 0.489 e. The molecule has 0 unspecified atom stereocenters. The number of hydrogen-bond donors (Lipinski definition) is 0. The molecule has 0 atom stereocenters. The Bertz CT molecular complexity index is 969. The summed E-state index contributed by atoms with van der Waals surface area (Å²) in [6.07, 6.45) is 1.52. The van der Waals surface area contributed by atoms with Crippen LogP contribution in [-0.2, 0) is 6.61 Å². The third kappa shape index (κ3) is 2.84. The predicted octanol–water partition coefficient (Wildman–Crippen LogP) is 5.30. The number of hydrogen-bond acceptors (Lipinski definition) is 4. The van der Waals surface area contributed by atoms with Crippen molar-refractivity contribution in [2.75, 3.05) is 0 Å². The molecule has 0 spiro atoms. The lowest BCUT2D eigenvalue weighted by Crippen LogP contribution is -1.98. The summed E-state index contributed by atoms with van der Waals surface area (Å²) in [5.74, 6) is 0.683. The van der Waals surface area contributed by atoms with Crippen molar-refractivity contribution in [3.63, 3.8) is 0 Å². The first kappa shape index (κ1) is 14.7. The second-order valence-corrected chi connectivity index (χ2v) is 6.20. The Morgan fingerprint density at radius 2 is 1.96 bits per heavy atom. The molecule has 0 aliphatic carbocycles. The highest BCUT2D eigenvalue weighted by atomic mass is 32.1. The van der Waals surface area contributed by atoms with Crippen molar-refractivity contribution >= 4 is 28.1 Å².